The summed E-state index contributed by atoms with van der Waals surface area (Å²) >= 11 is 0. The second kappa shape index (κ2) is 7.94. The topological polar surface area (TPSA) is 120 Å². The number of nitrogens with zero attached hydrogens (tertiary/aromatic N) is 3. The fourth-order valence-electron chi connectivity index (χ4n) is 3.80. The van der Waals surface area contributed by atoms with Crippen LogP contribution in [0.2, 0.25) is 0 Å². The van der Waals surface area contributed by atoms with Crippen molar-refractivity contribution in [2.45, 2.75) is 12.1 Å². The lowest BCUT2D eigenvalue weighted by Crippen LogP contribution is -2.56. The monoisotopic (exact) mass is 419 g/mol. The highest BCUT2D eigenvalue weighted by atomic mass is 16.5. The fourth-order valence-corrected chi connectivity index (χ4v) is 3.80. The molecule has 158 valence electrons. The number of urea groups is 1. The molecule has 2 aromatic carbocycles. The molecule has 0 saturated heterocycles. The van der Waals surface area contributed by atoms with Crippen LogP contribution in [0.5, 0.6) is 5.75 Å². The predicted octanol–water partition coefficient (Wildman–Crippen LogP) is 1.60. The number of rotatable bonds is 7. The molecule has 0 spiro atoms. The van der Waals surface area contributed by atoms with Crippen LogP contribution >= 0.6 is 0 Å². The van der Waals surface area contributed by atoms with Gasteiger partial charge in [0.2, 0.25) is 0 Å². The molecular formula is C22H21N5O4. The summed E-state index contributed by atoms with van der Waals surface area (Å²) in [6.45, 7) is 0.211. The van der Waals surface area contributed by atoms with Crippen molar-refractivity contribution in [3.63, 3.8) is 0 Å². The number of ether oxygens (including phenoxy) is 1. The Hall–Kier alpha value is -4.14. The van der Waals surface area contributed by atoms with Crippen LogP contribution in [-0.2, 0) is 16.9 Å². The van der Waals surface area contributed by atoms with Gasteiger partial charge >= 0.3 is 6.03 Å². The first kappa shape index (κ1) is 20.1. The summed E-state index contributed by atoms with van der Waals surface area (Å²) in [6, 6.07) is 13.1. The number of fused-ring (bicyclic) bond motifs is 1. The maximum Gasteiger partial charge on any atom is 0.313 e. The minimum atomic E-state index is -1.50. The van der Waals surface area contributed by atoms with E-state index in [1.807, 2.05) is 0 Å². The summed E-state index contributed by atoms with van der Waals surface area (Å²) in [5, 5.41) is 6.71. The van der Waals surface area contributed by atoms with E-state index in [0.29, 0.717) is 23.2 Å². The van der Waals surface area contributed by atoms with Gasteiger partial charge in [-0.2, -0.15) is 5.10 Å². The number of hydrogen-bond acceptors (Lipinski definition) is 5. The first-order valence-corrected chi connectivity index (χ1v) is 9.56. The summed E-state index contributed by atoms with van der Waals surface area (Å²) in [5.41, 5.74) is 6.49. The molecule has 1 aliphatic heterocycles. The highest BCUT2D eigenvalue weighted by molar-refractivity contribution is 5.99. The SMILES string of the molecule is COc1ccc2c(c1)CN(CC(C=O)(NC(N)=O)c1ccc(-n3cccn3)cc1)C2=O. The smallest absolute Gasteiger partial charge is 0.313 e. The van der Waals surface area contributed by atoms with E-state index < -0.39 is 11.6 Å². The molecule has 0 fully saturated rings. The van der Waals surface area contributed by atoms with E-state index in [0.717, 1.165) is 11.3 Å². The van der Waals surface area contributed by atoms with Crippen LogP contribution in [0.4, 0.5) is 4.79 Å². The zero-order valence-corrected chi connectivity index (χ0v) is 16.8. The zero-order chi connectivity index (χ0) is 22.0. The molecule has 3 aromatic rings. The van der Waals surface area contributed by atoms with E-state index >= 15 is 0 Å². The minimum absolute atomic E-state index is 0.0730. The molecule has 9 heteroatoms. The van der Waals surface area contributed by atoms with Gasteiger partial charge in [0.05, 0.1) is 19.3 Å². The normalized spacial score (nSPS) is 14.6. The van der Waals surface area contributed by atoms with Gasteiger partial charge in [-0.25, -0.2) is 9.48 Å². The average Bonchev–Trinajstić information content (AvgIpc) is 3.41. The summed E-state index contributed by atoms with van der Waals surface area (Å²) in [6.07, 6.45) is 4.06. The molecule has 3 N–H and O–H groups in total. The molecule has 0 bridgehead atoms. The first-order chi connectivity index (χ1) is 15.0. The Morgan fingerprint density at radius 1 is 1.29 bits per heavy atom. The fraction of sp³-hybridized carbons (Fsp3) is 0.182. The van der Waals surface area contributed by atoms with Crippen molar-refractivity contribution in [3.05, 3.63) is 77.6 Å². The highest BCUT2D eigenvalue weighted by Gasteiger charge is 2.39. The molecule has 0 aliphatic carbocycles. The lowest BCUT2D eigenvalue weighted by atomic mass is 9.90. The van der Waals surface area contributed by atoms with E-state index in [9.17, 15) is 14.4 Å². The van der Waals surface area contributed by atoms with Crippen LogP contribution in [0, 0.1) is 0 Å². The van der Waals surface area contributed by atoms with Gasteiger partial charge < -0.3 is 25.5 Å². The molecule has 2 heterocycles. The third-order valence-electron chi connectivity index (χ3n) is 5.33. The van der Waals surface area contributed by atoms with Gasteiger partial charge in [0.25, 0.3) is 5.91 Å². The molecule has 4 rings (SSSR count). The highest BCUT2D eigenvalue weighted by Crippen LogP contribution is 2.30. The Kier molecular flexibility index (Phi) is 5.16. The van der Waals surface area contributed by atoms with Crippen molar-refractivity contribution in [1.82, 2.24) is 20.0 Å². The lowest BCUT2D eigenvalue weighted by Gasteiger charge is -2.33. The van der Waals surface area contributed by atoms with Gasteiger partial charge in [-0.05, 0) is 47.5 Å². The summed E-state index contributed by atoms with van der Waals surface area (Å²) < 4.78 is 6.90. The third kappa shape index (κ3) is 3.73. The van der Waals surface area contributed by atoms with Crippen molar-refractivity contribution < 1.29 is 19.1 Å². The Labute approximate surface area is 178 Å². The Bertz CT molecular complexity index is 1130. The molecule has 1 atom stereocenters. The van der Waals surface area contributed by atoms with Gasteiger partial charge in [0.1, 0.15) is 11.3 Å². The van der Waals surface area contributed by atoms with Crippen LogP contribution in [0.15, 0.2) is 60.9 Å². The van der Waals surface area contributed by atoms with E-state index in [1.165, 1.54) is 4.90 Å². The van der Waals surface area contributed by atoms with Gasteiger partial charge in [0.15, 0.2) is 6.29 Å². The van der Waals surface area contributed by atoms with Crippen LogP contribution in [0.1, 0.15) is 21.5 Å². The number of methoxy groups -OCH3 is 1. The van der Waals surface area contributed by atoms with Crippen LogP contribution < -0.4 is 15.8 Å². The van der Waals surface area contributed by atoms with Crippen molar-refractivity contribution >= 4 is 18.2 Å². The summed E-state index contributed by atoms with van der Waals surface area (Å²) in [7, 11) is 1.55. The summed E-state index contributed by atoms with van der Waals surface area (Å²) in [5.74, 6) is 0.405. The zero-order valence-electron chi connectivity index (χ0n) is 16.8. The molecule has 9 nitrogen and oxygen atoms in total. The minimum Gasteiger partial charge on any atom is -0.497 e. The van der Waals surface area contributed by atoms with Crippen molar-refractivity contribution in [1.29, 1.82) is 0 Å². The second-order valence-corrected chi connectivity index (χ2v) is 7.26. The maximum atomic E-state index is 12.9. The number of aldehydes is 1. The Morgan fingerprint density at radius 3 is 2.68 bits per heavy atom. The molecule has 0 radical (unpaired) electrons. The molecule has 3 amide bonds. The van der Waals surface area contributed by atoms with E-state index in [2.05, 4.69) is 10.4 Å². The number of aromatic nitrogens is 2. The third-order valence-corrected chi connectivity index (χ3v) is 5.33. The largest absolute Gasteiger partial charge is 0.497 e. The first-order valence-electron chi connectivity index (χ1n) is 9.56. The van der Waals surface area contributed by atoms with Crippen molar-refractivity contribution in [2.24, 2.45) is 5.73 Å². The molecular weight excluding hydrogens is 398 g/mol. The Balaban J connectivity index is 1.66. The Morgan fingerprint density at radius 2 is 2.06 bits per heavy atom. The number of benzene rings is 2. The van der Waals surface area contributed by atoms with Crippen LogP contribution in [0.3, 0.4) is 0 Å². The van der Waals surface area contributed by atoms with E-state index in [-0.39, 0.29) is 19.0 Å². The number of nitrogens with one attached hydrogen (secondary N) is 1. The molecule has 1 aromatic heterocycles. The molecule has 1 aliphatic rings. The quantitative estimate of drug-likeness (QED) is 0.564. The van der Waals surface area contributed by atoms with Gasteiger partial charge in [-0.3, -0.25) is 4.79 Å². The predicted molar refractivity (Wildman–Crippen MR) is 112 cm³/mol. The van der Waals surface area contributed by atoms with Crippen molar-refractivity contribution in [3.8, 4) is 11.4 Å². The lowest BCUT2D eigenvalue weighted by molar-refractivity contribution is -0.113. The maximum absolute atomic E-state index is 12.9. The number of carbonyl (C=O) groups excluding carboxylic acids is 3. The summed E-state index contributed by atoms with van der Waals surface area (Å²) in [4.78, 5) is 38.5. The number of amides is 3. The molecule has 1 unspecified atom stereocenters. The number of primary amides is 1. The van der Waals surface area contributed by atoms with Gasteiger partial charge in [0, 0.05) is 24.5 Å². The van der Waals surface area contributed by atoms with Gasteiger partial charge in [-0.15, -0.1) is 0 Å². The van der Waals surface area contributed by atoms with Crippen molar-refractivity contribution in [2.75, 3.05) is 13.7 Å². The second-order valence-electron chi connectivity index (χ2n) is 7.26. The molecule has 31 heavy (non-hydrogen) atoms. The number of carbonyl (C=O) groups is 3. The standard InChI is InChI=1S/C22H21N5O4/c1-31-18-7-8-19-15(11-18)12-26(20(19)29)13-22(14-28,25-21(23)30)16-3-5-17(6-4-16)27-10-2-9-24-27/h2-11,14H,12-13H2,1H3,(H3,23,25,30). The van der Waals surface area contributed by atoms with Crippen LogP contribution in [-0.4, -0.2) is 46.6 Å². The van der Waals surface area contributed by atoms with Gasteiger partial charge in [-0.1, -0.05) is 12.1 Å². The van der Waals surface area contributed by atoms with E-state index in [4.69, 9.17) is 10.5 Å². The molecule has 0 saturated carbocycles. The van der Waals surface area contributed by atoms with E-state index in [1.54, 1.807) is 72.7 Å². The number of nitrogens with two attached hydrogens (primary N) is 1. The number of hydrogen-bond donors (Lipinski definition) is 2. The average molecular weight is 419 g/mol. The van der Waals surface area contributed by atoms with Crippen LogP contribution in [0.25, 0.3) is 5.69 Å².